The van der Waals surface area contributed by atoms with Gasteiger partial charge in [-0.15, -0.1) is 0 Å². The van der Waals surface area contributed by atoms with Crippen molar-refractivity contribution >= 4 is 21.9 Å². The Morgan fingerprint density at radius 3 is 2.30 bits per heavy atom. The van der Waals surface area contributed by atoms with Gasteiger partial charge in [-0.1, -0.05) is 18.2 Å². The third kappa shape index (κ3) is 4.94. The zero-order valence-electron chi connectivity index (χ0n) is 17.5. The van der Waals surface area contributed by atoms with E-state index in [-0.39, 0.29) is 36.8 Å². The van der Waals surface area contributed by atoms with Gasteiger partial charge < -0.3 is 9.64 Å². The molecule has 0 spiro atoms. The first kappa shape index (κ1) is 22.6. The summed E-state index contributed by atoms with van der Waals surface area (Å²) in [6.07, 6.45) is 2.68. The molecule has 1 aromatic heterocycles. The van der Waals surface area contributed by atoms with Gasteiger partial charge in [0.2, 0.25) is 10.0 Å². The number of sulfonamides is 1. The molecule has 1 fully saturated rings. The third-order valence-corrected chi connectivity index (χ3v) is 7.16. The van der Waals surface area contributed by atoms with Crippen LogP contribution in [0.25, 0.3) is 5.69 Å². The average Bonchev–Trinajstić information content (AvgIpc) is 3.33. The number of nitrogens with zero attached hydrogens (tertiary/aromatic N) is 4. The van der Waals surface area contributed by atoms with E-state index in [0.29, 0.717) is 5.69 Å². The Balaban J connectivity index is 1.32. The predicted molar refractivity (Wildman–Crippen MR) is 116 cm³/mol. The number of hydrogen-bond acceptors (Lipinski definition) is 6. The van der Waals surface area contributed by atoms with Crippen LogP contribution in [0.5, 0.6) is 0 Å². The van der Waals surface area contributed by atoms with Crippen molar-refractivity contribution in [3.05, 3.63) is 78.6 Å². The van der Waals surface area contributed by atoms with Crippen LogP contribution in [0.4, 0.5) is 4.39 Å². The first-order valence-corrected chi connectivity index (χ1v) is 11.6. The van der Waals surface area contributed by atoms with E-state index in [0.717, 1.165) is 0 Å². The summed E-state index contributed by atoms with van der Waals surface area (Å²) in [7, 11) is -3.62. The van der Waals surface area contributed by atoms with Gasteiger partial charge in [-0.05, 0) is 36.4 Å². The highest BCUT2D eigenvalue weighted by Gasteiger charge is 2.30. The van der Waals surface area contributed by atoms with Crippen molar-refractivity contribution in [3.8, 4) is 5.69 Å². The van der Waals surface area contributed by atoms with Crippen LogP contribution >= 0.6 is 0 Å². The number of carbonyl (C=O) groups excluding carboxylic acids is 2. The van der Waals surface area contributed by atoms with E-state index < -0.39 is 34.3 Å². The summed E-state index contributed by atoms with van der Waals surface area (Å²) in [6.45, 7) is 0.188. The average molecular weight is 472 g/mol. The molecular formula is C22H21FN4O5S. The Hall–Kier alpha value is -3.57. The second kappa shape index (κ2) is 9.51. The van der Waals surface area contributed by atoms with Gasteiger partial charge in [-0.3, -0.25) is 9.36 Å². The Bertz CT molecular complexity index is 1240. The molecule has 3 aromatic rings. The van der Waals surface area contributed by atoms with E-state index >= 15 is 0 Å². The van der Waals surface area contributed by atoms with Crippen molar-refractivity contribution in [2.24, 2.45) is 0 Å². The number of aromatic nitrogens is 2. The summed E-state index contributed by atoms with van der Waals surface area (Å²) in [5, 5.41) is 0. The number of rotatable bonds is 6. The molecule has 4 rings (SSSR count). The fourth-order valence-corrected chi connectivity index (χ4v) is 4.91. The van der Waals surface area contributed by atoms with Crippen molar-refractivity contribution in [1.82, 2.24) is 18.8 Å². The third-order valence-electron chi connectivity index (χ3n) is 5.25. The molecule has 0 aliphatic carbocycles. The maximum Gasteiger partial charge on any atom is 0.357 e. The summed E-state index contributed by atoms with van der Waals surface area (Å²) in [5.41, 5.74) is 0.608. The minimum Gasteiger partial charge on any atom is -0.451 e. The zero-order chi connectivity index (χ0) is 23.4. The fourth-order valence-electron chi connectivity index (χ4n) is 3.47. The lowest BCUT2D eigenvalue weighted by Crippen LogP contribution is -2.51. The molecule has 2 heterocycles. The first-order chi connectivity index (χ1) is 15.9. The van der Waals surface area contributed by atoms with Crippen LogP contribution in [0.15, 0.2) is 72.0 Å². The largest absolute Gasteiger partial charge is 0.451 e. The van der Waals surface area contributed by atoms with Gasteiger partial charge in [0.15, 0.2) is 12.3 Å². The highest BCUT2D eigenvalue weighted by Crippen LogP contribution is 2.17. The Morgan fingerprint density at radius 1 is 0.970 bits per heavy atom. The lowest BCUT2D eigenvalue weighted by molar-refractivity contribution is -0.135. The van der Waals surface area contributed by atoms with Gasteiger partial charge in [0.05, 0.1) is 17.4 Å². The van der Waals surface area contributed by atoms with Crippen LogP contribution in [-0.4, -0.2) is 71.8 Å². The standard InChI is InChI=1S/C22H21FN4O5S/c23-17-6-8-18(9-7-17)27-16-24-14-20(27)22(29)32-15-21(28)25-10-12-26(13-11-25)33(30,31)19-4-2-1-3-5-19/h1-9,14,16H,10-13,15H2. The van der Waals surface area contributed by atoms with E-state index in [2.05, 4.69) is 4.98 Å². The molecule has 0 saturated carbocycles. The maximum atomic E-state index is 13.2. The molecule has 0 radical (unpaired) electrons. The van der Waals surface area contributed by atoms with Gasteiger partial charge >= 0.3 is 5.97 Å². The molecule has 9 nitrogen and oxygen atoms in total. The summed E-state index contributed by atoms with van der Waals surface area (Å²) in [5.74, 6) is -1.59. The zero-order valence-corrected chi connectivity index (χ0v) is 18.3. The van der Waals surface area contributed by atoms with Crippen LogP contribution in [-0.2, 0) is 19.6 Å². The monoisotopic (exact) mass is 472 g/mol. The summed E-state index contributed by atoms with van der Waals surface area (Å²) in [6, 6.07) is 13.6. The molecule has 0 atom stereocenters. The van der Waals surface area contributed by atoms with Crippen molar-refractivity contribution in [1.29, 1.82) is 0 Å². The fraction of sp³-hybridized carbons (Fsp3) is 0.227. The van der Waals surface area contributed by atoms with Gasteiger partial charge in [-0.25, -0.2) is 22.6 Å². The summed E-state index contributed by atoms with van der Waals surface area (Å²) < 4.78 is 46.5. The highest BCUT2D eigenvalue weighted by atomic mass is 32.2. The van der Waals surface area contributed by atoms with Crippen LogP contribution in [0.3, 0.4) is 0 Å². The van der Waals surface area contributed by atoms with Crippen LogP contribution in [0.2, 0.25) is 0 Å². The second-order valence-corrected chi connectivity index (χ2v) is 9.24. The molecule has 33 heavy (non-hydrogen) atoms. The van der Waals surface area contributed by atoms with E-state index in [1.54, 1.807) is 18.2 Å². The normalized spacial score (nSPS) is 14.8. The second-order valence-electron chi connectivity index (χ2n) is 7.30. The van der Waals surface area contributed by atoms with E-state index in [1.165, 1.54) is 62.7 Å². The first-order valence-electron chi connectivity index (χ1n) is 10.1. The molecule has 1 amide bonds. The van der Waals surface area contributed by atoms with Crippen LogP contribution in [0, 0.1) is 5.82 Å². The van der Waals surface area contributed by atoms with Gasteiger partial charge in [0, 0.05) is 31.9 Å². The number of carbonyl (C=O) groups is 2. The van der Waals surface area contributed by atoms with Gasteiger partial charge in [0.25, 0.3) is 5.91 Å². The molecule has 1 saturated heterocycles. The molecule has 172 valence electrons. The molecular weight excluding hydrogens is 451 g/mol. The maximum absolute atomic E-state index is 13.2. The minimum absolute atomic E-state index is 0.0909. The number of esters is 1. The molecule has 0 unspecified atom stereocenters. The van der Waals surface area contributed by atoms with E-state index in [4.69, 9.17) is 4.74 Å². The summed E-state index contributed by atoms with van der Waals surface area (Å²) >= 11 is 0. The van der Waals surface area contributed by atoms with Crippen molar-refractivity contribution in [2.45, 2.75) is 4.90 Å². The topological polar surface area (TPSA) is 102 Å². The Labute approximate surface area is 190 Å². The van der Waals surface area contributed by atoms with Gasteiger partial charge in [-0.2, -0.15) is 4.31 Å². The van der Waals surface area contributed by atoms with Crippen LogP contribution < -0.4 is 0 Å². The predicted octanol–water partition coefficient (Wildman–Crippen LogP) is 1.70. The molecule has 0 N–H and O–H groups in total. The highest BCUT2D eigenvalue weighted by molar-refractivity contribution is 7.89. The Morgan fingerprint density at radius 2 is 1.64 bits per heavy atom. The number of benzene rings is 2. The van der Waals surface area contributed by atoms with Gasteiger partial charge in [0.1, 0.15) is 5.82 Å². The lowest BCUT2D eigenvalue weighted by atomic mass is 10.3. The summed E-state index contributed by atoms with van der Waals surface area (Å²) in [4.78, 5) is 30.6. The van der Waals surface area contributed by atoms with Crippen LogP contribution in [0.1, 0.15) is 10.5 Å². The lowest BCUT2D eigenvalue weighted by Gasteiger charge is -2.33. The number of imidazole rings is 1. The molecule has 11 heteroatoms. The number of piperazine rings is 1. The number of halogens is 1. The van der Waals surface area contributed by atoms with Crippen molar-refractivity contribution in [3.63, 3.8) is 0 Å². The van der Waals surface area contributed by atoms with E-state index in [1.807, 2.05) is 0 Å². The smallest absolute Gasteiger partial charge is 0.357 e. The SMILES string of the molecule is O=C(OCC(=O)N1CCN(S(=O)(=O)c2ccccc2)CC1)c1cncn1-c1ccc(F)cc1. The molecule has 1 aliphatic rings. The number of hydrogen-bond donors (Lipinski definition) is 0. The molecule has 0 bridgehead atoms. The quantitative estimate of drug-likeness (QED) is 0.506. The Kier molecular flexibility index (Phi) is 6.52. The number of ether oxygens (including phenoxy) is 1. The van der Waals surface area contributed by atoms with E-state index in [9.17, 15) is 22.4 Å². The molecule has 2 aromatic carbocycles. The molecule has 1 aliphatic heterocycles. The van der Waals surface area contributed by atoms with Crippen molar-refractivity contribution < 1.29 is 27.1 Å². The minimum atomic E-state index is -3.62. The van der Waals surface area contributed by atoms with Crippen molar-refractivity contribution in [2.75, 3.05) is 32.8 Å². The number of amides is 1.